The summed E-state index contributed by atoms with van der Waals surface area (Å²) in [6.07, 6.45) is 4.87. The monoisotopic (exact) mass is 523 g/mol. The molecule has 2 aliphatic rings. The second kappa shape index (κ2) is 11.6. The standard InChI is InChI=1S/C13H17ClN2O3S.C7H13NO4S/c1-20(18,19)16-7-3-4-10(9-16)13(17)15-12-6-2-5-11(14)8-12;1-13(11,12)8-4-2-3-6(5-8)7(9)10/h2,5-6,8,10H,3-4,7,9H2,1H3,(H,15,17);6H,2-5H2,1H3,(H,9,10)/t10-;6-/m00/s1. The number of amides is 1. The summed E-state index contributed by atoms with van der Waals surface area (Å²) in [5.74, 6) is -1.94. The topological polar surface area (TPSA) is 141 Å². The van der Waals surface area contributed by atoms with Gasteiger partial charge < -0.3 is 10.4 Å². The summed E-state index contributed by atoms with van der Waals surface area (Å²) in [6, 6.07) is 6.89. The fourth-order valence-corrected chi connectivity index (χ4v) is 5.73. The number of hydrogen-bond acceptors (Lipinski definition) is 6. The van der Waals surface area contributed by atoms with Crippen LogP contribution in [0.25, 0.3) is 0 Å². The molecule has 10 nitrogen and oxygen atoms in total. The maximum atomic E-state index is 12.2. The van der Waals surface area contributed by atoms with Crippen LogP contribution >= 0.6 is 11.6 Å². The van der Waals surface area contributed by atoms with Crippen LogP contribution in [0.15, 0.2) is 24.3 Å². The molecule has 2 heterocycles. The number of carboxylic acid groups (broad SMARTS) is 1. The molecule has 1 amide bonds. The number of halogens is 1. The molecule has 186 valence electrons. The molecule has 33 heavy (non-hydrogen) atoms. The summed E-state index contributed by atoms with van der Waals surface area (Å²) in [4.78, 5) is 22.8. The van der Waals surface area contributed by atoms with Gasteiger partial charge in [-0.1, -0.05) is 17.7 Å². The molecule has 0 saturated carbocycles. The summed E-state index contributed by atoms with van der Waals surface area (Å²) in [5.41, 5.74) is 0.624. The Hall–Kier alpha value is -1.73. The third kappa shape index (κ3) is 8.85. The Morgan fingerprint density at radius 2 is 1.48 bits per heavy atom. The van der Waals surface area contributed by atoms with Crippen molar-refractivity contribution in [2.24, 2.45) is 11.8 Å². The molecule has 1 aromatic rings. The number of carbonyl (C=O) groups is 2. The zero-order chi connectivity index (χ0) is 24.8. The largest absolute Gasteiger partial charge is 0.481 e. The average molecular weight is 524 g/mol. The van der Waals surface area contributed by atoms with Gasteiger partial charge in [0.05, 0.1) is 24.3 Å². The second-order valence-electron chi connectivity index (χ2n) is 8.26. The lowest BCUT2D eigenvalue weighted by Gasteiger charge is -2.30. The summed E-state index contributed by atoms with van der Waals surface area (Å²) in [7, 11) is -6.46. The smallest absolute Gasteiger partial charge is 0.307 e. The van der Waals surface area contributed by atoms with Crippen LogP contribution in [0.4, 0.5) is 5.69 Å². The summed E-state index contributed by atoms with van der Waals surface area (Å²) in [6.45, 7) is 1.29. The number of nitrogens with zero attached hydrogens (tertiary/aromatic N) is 2. The summed E-state index contributed by atoms with van der Waals surface area (Å²) >= 11 is 5.86. The molecule has 0 bridgehead atoms. The first kappa shape index (κ1) is 27.5. The highest BCUT2D eigenvalue weighted by atomic mass is 35.5. The van der Waals surface area contributed by atoms with Crippen molar-refractivity contribution in [1.82, 2.24) is 8.61 Å². The third-order valence-corrected chi connectivity index (χ3v) is 8.29. The molecule has 2 fully saturated rings. The lowest BCUT2D eigenvalue weighted by Crippen LogP contribution is -2.43. The first-order valence-electron chi connectivity index (χ1n) is 10.5. The average Bonchev–Trinajstić information content (AvgIpc) is 2.73. The Kier molecular flexibility index (Phi) is 9.68. The molecule has 0 aromatic heterocycles. The van der Waals surface area contributed by atoms with Crippen LogP contribution in [-0.2, 0) is 29.6 Å². The minimum atomic E-state index is -3.24. The van der Waals surface area contributed by atoms with E-state index in [0.717, 1.165) is 6.26 Å². The van der Waals surface area contributed by atoms with Gasteiger partial charge in [0, 0.05) is 36.9 Å². The molecule has 13 heteroatoms. The number of aliphatic carboxylic acids is 1. The quantitative estimate of drug-likeness (QED) is 0.598. The van der Waals surface area contributed by atoms with Gasteiger partial charge in [-0.15, -0.1) is 0 Å². The number of benzene rings is 1. The van der Waals surface area contributed by atoms with E-state index < -0.39 is 31.9 Å². The SMILES string of the molecule is CS(=O)(=O)N1CCC[C@H](C(=O)Nc2cccc(Cl)c2)C1.CS(=O)(=O)N1CCC[C@H](C(=O)O)C1. The number of hydrogen-bond donors (Lipinski definition) is 2. The molecule has 3 rings (SSSR count). The molecule has 0 radical (unpaired) electrons. The normalized spacial score (nSPS) is 22.6. The van der Waals surface area contributed by atoms with Crippen LogP contribution in [0.2, 0.25) is 5.02 Å². The number of sulfonamides is 2. The van der Waals surface area contributed by atoms with Gasteiger partial charge in [-0.2, -0.15) is 0 Å². The van der Waals surface area contributed by atoms with E-state index in [9.17, 15) is 26.4 Å². The van der Waals surface area contributed by atoms with Gasteiger partial charge in [0.2, 0.25) is 26.0 Å². The zero-order valence-corrected chi connectivity index (χ0v) is 21.0. The van der Waals surface area contributed by atoms with E-state index in [1.165, 1.54) is 14.9 Å². The number of anilines is 1. The minimum Gasteiger partial charge on any atom is -0.481 e. The number of nitrogens with one attached hydrogen (secondary N) is 1. The Labute approximate surface area is 200 Å². The molecular weight excluding hydrogens is 494 g/mol. The van der Waals surface area contributed by atoms with Crippen molar-refractivity contribution in [3.8, 4) is 0 Å². The Morgan fingerprint density at radius 1 is 0.970 bits per heavy atom. The highest BCUT2D eigenvalue weighted by Crippen LogP contribution is 2.22. The number of rotatable bonds is 5. The highest BCUT2D eigenvalue weighted by molar-refractivity contribution is 7.88. The van der Waals surface area contributed by atoms with E-state index in [-0.39, 0.29) is 24.9 Å². The zero-order valence-electron chi connectivity index (χ0n) is 18.6. The van der Waals surface area contributed by atoms with E-state index >= 15 is 0 Å². The van der Waals surface area contributed by atoms with E-state index in [2.05, 4.69) is 5.32 Å². The van der Waals surface area contributed by atoms with Crippen molar-refractivity contribution in [2.75, 3.05) is 44.0 Å². The molecule has 2 atom stereocenters. The molecular formula is C20H30ClN3O7S2. The van der Waals surface area contributed by atoms with Gasteiger partial charge in [-0.25, -0.2) is 25.4 Å². The molecule has 2 aliphatic heterocycles. The first-order chi connectivity index (χ1) is 15.3. The van der Waals surface area contributed by atoms with Gasteiger partial charge >= 0.3 is 5.97 Å². The van der Waals surface area contributed by atoms with Gasteiger partial charge in [-0.05, 0) is 43.9 Å². The van der Waals surface area contributed by atoms with Crippen molar-refractivity contribution in [3.63, 3.8) is 0 Å². The Balaban J connectivity index is 0.000000257. The molecule has 0 aliphatic carbocycles. The Bertz CT molecular complexity index is 1060. The molecule has 0 unspecified atom stereocenters. The van der Waals surface area contributed by atoms with Crippen LogP contribution in [0.5, 0.6) is 0 Å². The lowest BCUT2D eigenvalue weighted by atomic mass is 9.99. The van der Waals surface area contributed by atoms with E-state index in [1.54, 1.807) is 24.3 Å². The van der Waals surface area contributed by atoms with E-state index in [1.807, 2.05) is 0 Å². The minimum absolute atomic E-state index is 0.119. The van der Waals surface area contributed by atoms with Crippen LogP contribution in [0.3, 0.4) is 0 Å². The van der Waals surface area contributed by atoms with Crippen LogP contribution in [0, 0.1) is 11.8 Å². The Morgan fingerprint density at radius 3 is 1.97 bits per heavy atom. The third-order valence-electron chi connectivity index (χ3n) is 5.52. The van der Waals surface area contributed by atoms with Gasteiger partial charge in [-0.3, -0.25) is 9.59 Å². The predicted octanol–water partition coefficient (Wildman–Crippen LogP) is 1.69. The molecule has 2 N–H and O–H groups in total. The fraction of sp³-hybridized carbons (Fsp3) is 0.600. The van der Waals surface area contributed by atoms with E-state index in [0.29, 0.717) is 49.5 Å². The fourth-order valence-electron chi connectivity index (χ4n) is 3.71. The predicted molar refractivity (Wildman–Crippen MR) is 126 cm³/mol. The number of piperidine rings is 2. The molecule has 2 saturated heterocycles. The van der Waals surface area contributed by atoms with Crippen molar-refractivity contribution in [2.45, 2.75) is 25.7 Å². The first-order valence-corrected chi connectivity index (χ1v) is 14.5. The van der Waals surface area contributed by atoms with Crippen LogP contribution in [0.1, 0.15) is 25.7 Å². The second-order valence-corrected chi connectivity index (χ2v) is 12.7. The summed E-state index contributed by atoms with van der Waals surface area (Å²) < 4.78 is 47.8. The number of carbonyl (C=O) groups excluding carboxylic acids is 1. The number of carboxylic acids is 1. The van der Waals surface area contributed by atoms with Crippen molar-refractivity contribution >= 4 is 49.2 Å². The van der Waals surface area contributed by atoms with E-state index in [4.69, 9.17) is 16.7 Å². The maximum Gasteiger partial charge on any atom is 0.307 e. The highest BCUT2D eigenvalue weighted by Gasteiger charge is 2.31. The van der Waals surface area contributed by atoms with Crippen molar-refractivity contribution < 1.29 is 31.5 Å². The van der Waals surface area contributed by atoms with Crippen LogP contribution in [-0.4, -0.2) is 81.1 Å². The van der Waals surface area contributed by atoms with Gasteiger partial charge in [0.25, 0.3) is 0 Å². The molecule has 0 spiro atoms. The summed E-state index contributed by atoms with van der Waals surface area (Å²) in [5, 5.41) is 12.0. The maximum absolute atomic E-state index is 12.2. The van der Waals surface area contributed by atoms with Crippen molar-refractivity contribution in [1.29, 1.82) is 0 Å². The molecule has 1 aromatic carbocycles. The van der Waals surface area contributed by atoms with Gasteiger partial charge in [0.1, 0.15) is 0 Å². The van der Waals surface area contributed by atoms with Gasteiger partial charge in [0.15, 0.2) is 0 Å². The van der Waals surface area contributed by atoms with Crippen molar-refractivity contribution in [3.05, 3.63) is 29.3 Å². The van der Waals surface area contributed by atoms with Crippen LogP contribution < -0.4 is 5.32 Å². The lowest BCUT2D eigenvalue weighted by molar-refractivity contribution is -0.142.